The van der Waals surface area contributed by atoms with E-state index in [-0.39, 0.29) is 11.5 Å². The maximum Gasteiger partial charge on any atom is 0.226 e. The molecule has 0 unspecified atom stereocenters. The molecule has 2 saturated carbocycles. The summed E-state index contributed by atoms with van der Waals surface area (Å²) in [6, 6.07) is 10.5. The lowest BCUT2D eigenvalue weighted by molar-refractivity contribution is -0.143. The van der Waals surface area contributed by atoms with Crippen LogP contribution in [0, 0.1) is 5.92 Å². The van der Waals surface area contributed by atoms with Crippen molar-refractivity contribution in [2.24, 2.45) is 5.92 Å². The van der Waals surface area contributed by atoms with Crippen molar-refractivity contribution in [2.75, 3.05) is 0 Å². The molecule has 6 rings (SSSR count). The third-order valence-corrected chi connectivity index (χ3v) is 6.30. The minimum Gasteiger partial charge on any atom is -0.353 e. The van der Waals surface area contributed by atoms with Crippen LogP contribution in [0.2, 0.25) is 0 Å². The predicted octanol–water partition coefficient (Wildman–Crippen LogP) is 3.69. The molecule has 5 heteroatoms. The summed E-state index contributed by atoms with van der Waals surface area (Å²) in [4.78, 5) is 18.5. The number of hydrogen-bond donors (Lipinski definition) is 2. The second-order valence-electron chi connectivity index (χ2n) is 7.78. The number of benzene rings is 1. The maximum absolute atomic E-state index is 12.9. The van der Waals surface area contributed by atoms with Crippen molar-refractivity contribution in [1.29, 1.82) is 0 Å². The first-order chi connectivity index (χ1) is 12.3. The zero-order valence-electron chi connectivity index (χ0n) is 14.0. The van der Waals surface area contributed by atoms with E-state index < -0.39 is 0 Å². The van der Waals surface area contributed by atoms with E-state index in [0.29, 0.717) is 12.5 Å². The van der Waals surface area contributed by atoms with Crippen LogP contribution in [0.15, 0.2) is 30.3 Å². The smallest absolute Gasteiger partial charge is 0.226 e. The van der Waals surface area contributed by atoms with Crippen molar-refractivity contribution in [1.82, 2.24) is 20.1 Å². The summed E-state index contributed by atoms with van der Waals surface area (Å²) in [5, 5.41) is 9.07. The molecule has 1 amide bonds. The van der Waals surface area contributed by atoms with E-state index in [1.54, 1.807) is 0 Å². The summed E-state index contributed by atoms with van der Waals surface area (Å²) in [5.41, 5.74) is 5.44. The van der Waals surface area contributed by atoms with Gasteiger partial charge >= 0.3 is 0 Å². The van der Waals surface area contributed by atoms with E-state index in [9.17, 15) is 4.79 Å². The molecule has 1 aliphatic heterocycles. The number of nitrogens with zero attached hydrogens (tertiary/aromatic N) is 2. The SMILES string of the molecule is O=C(C1CC1)N1Cc2[nH]nc(-c3cc4ccccc4[nH]3)c2C12CCC2. The van der Waals surface area contributed by atoms with Crippen molar-refractivity contribution in [3.8, 4) is 11.4 Å². The van der Waals surface area contributed by atoms with E-state index in [4.69, 9.17) is 0 Å². The second-order valence-corrected chi connectivity index (χ2v) is 7.78. The molecule has 0 radical (unpaired) electrons. The van der Waals surface area contributed by atoms with Crippen LogP contribution in [0.1, 0.15) is 43.4 Å². The molecule has 3 aromatic rings. The van der Waals surface area contributed by atoms with Crippen molar-refractivity contribution >= 4 is 16.8 Å². The Hall–Kier alpha value is -2.56. The van der Waals surface area contributed by atoms with Gasteiger partial charge < -0.3 is 9.88 Å². The minimum absolute atomic E-state index is 0.116. The van der Waals surface area contributed by atoms with Crippen LogP contribution >= 0.6 is 0 Å². The van der Waals surface area contributed by atoms with Crippen LogP contribution in [0.4, 0.5) is 0 Å². The number of H-pyrrole nitrogens is 2. The third-order valence-electron chi connectivity index (χ3n) is 6.30. The molecule has 5 nitrogen and oxygen atoms in total. The number of carbonyl (C=O) groups is 1. The van der Waals surface area contributed by atoms with E-state index in [1.807, 2.05) is 6.07 Å². The Kier molecular flexibility index (Phi) is 2.49. The number of aromatic nitrogens is 3. The lowest BCUT2D eigenvalue weighted by atomic mass is 9.71. The Morgan fingerprint density at radius 1 is 1.24 bits per heavy atom. The number of aromatic amines is 2. The zero-order valence-corrected chi connectivity index (χ0v) is 14.0. The Labute approximate surface area is 145 Å². The molecular formula is C20H20N4O. The lowest BCUT2D eigenvalue weighted by Crippen LogP contribution is -2.50. The van der Waals surface area contributed by atoms with E-state index in [2.05, 4.69) is 44.3 Å². The number of amides is 1. The fourth-order valence-electron chi connectivity index (χ4n) is 4.71. The van der Waals surface area contributed by atoms with E-state index in [0.717, 1.165) is 48.3 Å². The van der Waals surface area contributed by atoms with Crippen LogP contribution in [-0.4, -0.2) is 26.0 Å². The van der Waals surface area contributed by atoms with Gasteiger partial charge in [-0.05, 0) is 44.2 Å². The highest BCUT2D eigenvalue weighted by Gasteiger charge is 2.55. The number of rotatable bonds is 2. The summed E-state index contributed by atoms with van der Waals surface area (Å²) < 4.78 is 0. The zero-order chi connectivity index (χ0) is 16.6. The Balaban J connectivity index is 1.49. The van der Waals surface area contributed by atoms with Gasteiger partial charge in [0.25, 0.3) is 0 Å². The monoisotopic (exact) mass is 332 g/mol. The van der Waals surface area contributed by atoms with Crippen molar-refractivity contribution in [3.63, 3.8) is 0 Å². The topological polar surface area (TPSA) is 64.8 Å². The van der Waals surface area contributed by atoms with Gasteiger partial charge in [-0.2, -0.15) is 5.10 Å². The van der Waals surface area contributed by atoms with Gasteiger partial charge in [0.15, 0.2) is 0 Å². The molecule has 126 valence electrons. The van der Waals surface area contributed by atoms with Gasteiger partial charge in [0.05, 0.1) is 23.5 Å². The van der Waals surface area contributed by atoms with Gasteiger partial charge in [0.2, 0.25) is 5.91 Å². The molecule has 2 fully saturated rings. The Bertz CT molecular complexity index is 973. The van der Waals surface area contributed by atoms with E-state index in [1.165, 1.54) is 17.4 Å². The highest BCUT2D eigenvalue weighted by Crippen LogP contribution is 2.56. The van der Waals surface area contributed by atoms with Crippen LogP contribution in [0.25, 0.3) is 22.3 Å². The molecule has 25 heavy (non-hydrogen) atoms. The summed E-state index contributed by atoms with van der Waals surface area (Å²) in [7, 11) is 0. The van der Waals surface area contributed by atoms with Gasteiger partial charge in [0.1, 0.15) is 5.69 Å². The van der Waals surface area contributed by atoms with Crippen LogP contribution in [0.5, 0.6) is 0 Å². The normalized spacial score (nSPS) is 20.9. The predicted molar refractivity (Wildman–Crippen MR) is 94.7 cm³/mol. The standard InChI is InChI=1S/C20H20N4O/c25-19(12-6-7-12)24-11-16-17(20(24)8-3-9-20)18(23-22-16)15-10-13-4-1-2-5-14(13)21-15/h1-2,4-5,10,12,21H,3,6-9,11H2,(H,22,23). The summed E-state index contributed by atoms with van der Waals surface area (Å²) in [6.07, 6.45) is 5.43. The van der Waals surface area contributed by atoms with Crippen molar-refractivity contribution in [3.05, 3.63) is 41.6 Å². The van der Waals surface area contributed by atoms with Gasteiger partial charge in [-0.3, -0.25) is 9.89 Å². The van der Waals surface area contributed by atoms with Gasteiger partial charge in [-0.1, -0.05) is 18.2 Å². The highest BCUT2D eigenvalue weighted by atomic mass is 16.2. The van der Waals surface area contributed by atoms with Crippen LogP contribution in [0.3, 0.4) is 0 Å². The number of fused-ring (bicyclic) bond motifs is 3. The number of para-hydroxylation sites is 1. The molecule has 1 aromatic carbocycles. The van der Waals surface area contributed by atoms with Gasteiger partial charge in [-0.25, -0.2) is 0 Å². The average molecular weight is 332 g/mol. The molecule has 0 bridgehead atoms. The van der Waals surface area contributed by atoms with Crippen molar-refractivity contribution < 1.29 is 4.79 Å². The number of nitrogens with one attached hydrogen (secondary N) is 2. The van der Waals surface area contributed by atoms with Gasteiger partial charge in [0, 0.05) is 22.4 Å². The fourth-order valence-corrected chi connectivity index (χ4v) is 4.71. The molecule has 3 aliphatic rings. The Morgan fingerprint density at radius 3 is 2.80 bits per heavy atom. The average Bonchev–Trinajstić information content (AvgIpc) is 3.07. The first-order valence-electron chi connectivity index (χ1n) is 9.24. The highest BCUT2D eigenvalue weighted by molar-refractivity contribution is 5.87. The second kappa shape index (κ2) is 4.54. The maximum atomic E-state index is 12.9. The van der Waals surface area contributed by atoms with Crippen LogP contribution in [-0.2, 0) is 16.9 Å². The first kappa shape index (κ1) is 13.7. The lowest BCUT2D eigenvalue weighted by Gasteiger charge is -2.46. The molecule has 0 atom stereocenters. The van der Waals surface area contributed by atoms with E-state index >= 15 is 0 Å². The largest absolute Gasteiger partial charge is 0.353 e. The fraction of sp³-hybridized carbons (Fsp3) is 0.400. The summed E-state index contributed by atoms with van der Waals surface area (Å²) >= 11 is 0. The molecule has 1 spiro atoms. The molecule has 2 aliphatic carbocycles. The summed E-state index contributed by atoms with van der Waals surface area (Å²) in [5.74, 6) is 0.623. The first-order valence-corrected chi connectivity index (χ1v) is 9.24. The van der Waals surface area contributed by atoms with Crippen LogP contribution < -0.4 is 0 Å². The third kappa shape index (κ3) is 1.73. The summed E-state index contributed by atoms with van der Waals surface area (Å²) in [6.45, 7) is 0.692. The van der Waals surface area contributed by atoms with Gasteiger partial charge in [-0.15, -0.1) is 0 Å². The van der Waals surface area contributed by atoms with Crippen molar-refractivity contribution in [2.45, 2.75) is 44.2 Å². The molecular weight excluding hydrogens is 312 g/mol. The molecule has 2 N–H and O–H groups in total. The quantitative estimate of drug-likeness (QED) is 0.752. The molecule has 0 saturated heterocycles. The minimum atomic E-state index is -0.116. The molecule has 2 aromatic heterocycles. The molecule has 3 heterocycles. The number of carbonyl (C=O) groups excluding carboxylic acids is 1. The Morgan fingerprint density at radius 2 is 2.08 bits per heavy atom. The number of hydrogen-bond acceptors (Lipinski definition) is 2.